The van der Waals surface area contributed by atoms with Gasteiger partial charge in [0.2, 0.25) is 0 Å². The fourth-order valence-electron chi connectivity index (χ4n) is 2.20. The minimum absolute atomic E-state index is 0.125. The Morgan fingerprint density at radius 3 is 2.40 bits per heavy atom. The van der Waals surface area contributed by atoms with E-state index in [1.54, 1.807) is 31.4 Å². The zero-order chi connectivity index (χ0) is 14.6. The molecule has 2 N–H and O–H groups in total. The summed E-state index contributed by atoms with van der Waals surface area (Å²) >= 11 is 0. The van der Waals surface area contributed by atoms with Crippen LogP contribution in [0.3, 0.4) is 0 Å². The van der Waals surface area contributed by atoms with Gasteiger partial charge in [-0.25, -0.2) is 0 Å². The minimum Gasteiger partial charge on any atom is -0.497 e. The third-order valence-electron chi connectivity index (χ3n) is 3.51. The molecular weight excluding hydrogens is 280 g/mol. The Balaban J connectivity index is 2.00. The standard InChI is InChI=1S/C13H20N2O4S/c1-19-13-4-2-12(3-5-13)14-20(17,18)15-8-6-11(10-16)7-9-15/h2-5,11,14,16H,6-10H2,1H3. The fraction of sp³-hybridized carbons (Fsp3) is 0.538. The van der Waals surface area contributed by atoms with Gasteiger partial charge in [-0.1, -0.05) is 0 Å². The summed E-state index contributed by atoms with van der Waals surface area (Å²) in [5, 5.41) is 9.07. The van der Waals surface area contributed by atoms with Gasteiger partial charge in [-0.05, 0) is 43.0 Å². The van der Waals surface area contributed by atoms with Crippen LogP contribution in [0.15, 0.2) is 24.3 Å². The van der Waals surface area contributed by atoms with Gasteiger partial charge >= 0.3 is 10.2 Å². The largest absolute Gasteiger partial charge is 0.497 e. The highest BCUT2D eigenvalue weighted by molar-refractivity contribution is 7.90. The van der Waals surface area contributed by atoms with Gasteiger partial charge in [0.15, 0.2) is 0 Å². The molecule has 0 atom stereocenters. The topological polar surface area (TPSA) is 78.9 Å². The van der Waals surface area contributed by atoms with Crippen LogP contribution in [0.25, 0.3) is 0 Å². The highest BCUT2D eigenvalue weighted by atomic mass is 32.2. The number of anilines is 1. The lowest BCUT2D eigenvalue weighted by atomic mass is 10.00. The average Bonchev–Trinajstić information content (AvgIpc) is 2.48. The van der Waals surface area contributed by atoms with E-state index in [0.29, 0.717) is 37.4 Å². The number of nitrogens with zero attached hydrogens (tertiary/aromatic N) is 1. The van der Waals surface area contributed by atoms with Crippen molar-refractivity contribution in [1.82, 2.24) is 4.31 Å². The maximum absolute atomic E-state index is 12.2. The van der Waals surface area contributed by atoms with E-state index in [1.807, 2.05) is 0 Å². The number of hydrogen-bond acceptors (Lipinski definition) is 4. The first-order chi connectivity index (χ1) is 9.55. The van der Waals surface area contributed by atoms with E-state index in [9.17, 15) is 8.42 Å². The normalized spacial score (nSPS) is 17.9. The Bertz CT molecular complexity index is 522. The van der Waals surface area contributed by atoms with Crippen molar-refractivity contribution in [2.45, 2.75) is 12.8 Å². The first-order valence-electron chi connectivity index (χ1n) is 6.58. The summed E-state index contributed by atoms with van der Waals surface area (Å²) in [5.41, 5.74) is 0.509. The number of aliphatic hydroxyl groups excluding tert-OH is 1. The number of nitrogens with one attached hydrogen (secondary N) is 1. The van der Waals surface area contributed by atoms with Gasteiger partial charge in [0.1, 0.15) is 5.75 Å². The van der Waals surface area contributed by atoms with Crippen LogP contribution in [-0.4, -0.2) is 44.6 Å². The first-order valence-corrected chi connectivity index (χ1v) is 8.02. The molecule has 1 saturated heterocycles. The molecule has 1 aromatic carbocycles. The molecule has 6 nitrogen and oxygen atoms in total. The fourth-order valence-corrected chi connectivity index (χ4v) is 3.46. The van der Waals surface area contributed by atoms with Gasteiger partial charge in [0, 0.05) is 19.7 Å². The number of piperidine rings is 1. The van der Waals surface area contributed by atoms with E-state index in [2.05, 4.69) is 4.72 Å². The molecule has 0 saturated carbocycles. The Hall–Kier alpha value is -1.31. The highest BCUT2D eigenvalue weighted by Crippen LogP contribution is 2.21. The van der Waals surface area contributed by atoms with E-state index in [4.69, 9.17) is 9.84 Å². The summed E-state index contributed by atoms with van der Waals surface area (Å²) in [5.74, 6) is 0.888. The molecule has 0 amide bonds. The summed E-state index contributed by atoms with van der Waals surface area (Å²) in [4.78, 5) is 0. The molecule has 1 heterocycles. The Morgan fingerprint density at radius 2 is 1.90 bits per heavy atom. The first kappa shape index (κ1) is 15.1. The molecule has 20 heavy (non-hydrogen) atoms. The van der Waals surface area contributed by atoms with Crippen molar-refractivity contribution < 1.29 is 18.3 Å². The molecule has 0 aromatic heterocycles. The summed E-state index contributed by atoms with van der Waals surface area (Å²) in [7, 11) is -1.97. The molecule has 1 fully saturated rings. The zero-order valence-electron chi connectivity index (χ0n) is 11.4. The van der Waals surface area contributed by atoms with Gasteiger partial charge in [-0.15, -0.1) is 0 Å². The summed E-state index contributed by atoms with van der Waals surface area (Å²) in [6.45, 7) is 1.01. The maximum atomic E-state index is 12.2. The number of methoxy groups -OCH3 is 1. The minimum atomic E-state index is -3.53. The number of aliphatic hydroxyl groups is 1. The van der Waals surface area contributed by atoms with E-state index in [-0.39, 0.29) is 12.5 Å². The monoisotopic (exact) mass is 300 g/mol. The molecule has 0 radical (unpaired) electrons. The second-order valence-corrected chi connectivity index (χ2v) is 6.53. The molecule has 2 rings (SSSR count). The number of ether oxygens (including phenoxy) is 1. The van der Waals surface area contributed by atoms with Crippen LogP contribution < -0.4 is 9.46 Å². The van der Waals surface area contributed by atoms with E-state index in [1.165, 1.54) is 4.31 Å². The number of benzene rings is 1. The Labute approximate surface area is 119 Å². The lowest BCUT2D eigenvalue weighted by Crippen LogP contribution is -2.42. The molecule has 0 unspecified atom stereocenters. The van der Waals surface area contributed by atoms with Gasteiger partial charge in [-0.3, -0.25) is 4.72 Å². The van der Waals surface area contributed by atoms with Crippen molar-refractivity contribution in [3.63, 3.8) is 0 Å². The van der Waals surface area contributed by atoms with Gasteiger partial charge < -0.3 is 9.84 Å². The third-order valence-corrected chi connectivity index (χ3v) is 5.05. The lowest BCUT2D eigenvalue weighted by molar-refractivity contribution is 0.170. The predicted molar refractivity (Wildman–Crippen MR) is 76.9 cm³/mol. The molecule has 0 bridgehead atoms. The molecule has 1 aliphatic heterocycles. The quantitative estimate of drug-likeness (QED) is 0.852. The van der Waals surface area contributed by atoms with Crippen molar-refractivity contribution in [2.24, 2.45) is 5.92 Å². The van der Waals surface area contributed by atoms with Crippen molar-refractivity contribution in [3.05, 3.63) is 24.3 Å². The molecule has 0 aliphatic carbocycles. The van der Waals surface area contributed by atoms with Crippen LogP contribution in [0.4, 0.5) is 5.69 Å². The molecule has 7 heteroatoms. The average molecular weight is 300 g/mol. The van der Waals surface area contributed by atoms with Crippen LogP contribution in [0, 0.1) is 5.92 Å². The van der Waals surface area contributed by atoms with Crippen LogP contribution in [-0.2, 0) is 10.2 Å². The van der Waals surface area contributed by atoms with E-state index in [0.717, 1.165) is 0 Å². The lowest BCUT2D eigenvalue weighted by Gasteiger charge is -2.30. The van der Waals surface area contributed by atoms with Crippen molar-refractivity contribution in [3.8, 4) is 5.75 Å². The molecule has 1 aliphatic rings. The second-order valence-electron chi connectivity index (χ2n) is 4.86. The summed E-state index contributed by atoms with van der Waals surface area (Å²) < 4.78 is 33.5. The van der Waals surface area contributed by atoms with Crippen LogP contribution in [0.1, 0.15) is 12.8 Å². The zero-order valence-corrected chi connectivity index (χ0v) is 12.3. The molecular formula is C13H20N2O4S. The molecule has 0 spiro atoms. The van der Waals surface area contributed by atoms with Crippen molar-refractivity contribution in [2.75, 3.05) is 31.5 Å². The molecule has 112 valence electrons. The predicted octanol–water partition coefficient (Wildman–Crippen LogP) is 1.06. The SMILES string of the molecule is COc1ccc(NS(=O)(=O)N2CCC(CO)CC2)cc1. The third kappa shape index (κ3) is 3.62. The summed E-state index contributed by atoms with van der Waals surface area (Å²) in [6.07, 6.45) is 1.39. The smallest absolute Gasteiger partial charge is 0.301 e. The van der Waals surface area contributed by atoms with Crippen LogP contribution in [0.2, 0.25) is 0 Å². The highest BCUT2D eigenvalue weighted by Gasteiger charge is 2.27. The van der Waals surface area contributed by atoms with Gasteiger partial charge in [0.25, 0.3) is 0 Å². The van der Waals surface area contributed by atoms with Crippen molar-refractivity contribution in [1.29, 1.82) is 0 Å². The number of hydrogen-bond donors (Lipinski definition) is 2. The van der Waals surface area contributed by atoms with Gasteiger partial charge in [-0.2, -0.15) is 12.7 Å². The second kappa shape index (κ2) is 6.43. The molecule has 1 aromatic rings. The summed E-state index contributed by atoms with van der Waals surface area (Å²) in [6, 6.07) is 6.74. The van der Waals surface area contributed by atoms with Crippen LogP contribution in [0.5, 0.6) is 5.75 Å². The van der Waals surface area contributed by atoms with Crippen LogP contribution >= 0.6 is 0 Å². The maximum Gasteiger partial charge on any atom is 0.301 e. The van der Waals surface area contributed by atoms with Crippen molar-refractivity contribution >= 4 is 15.9 Å². The number of rotatable bonds is 5. The Morgan fingerprint density at radius 1 is 1.30 bits per heavy atom. The van der Waals surface area contributed by atoms with E-state index < -0.39 is 10.2 Å². The van der Waals surface area contributed by atoms with Gasteiger partial charge in [0.05, 0.1) is 12.8 Å². The van der Waals surface area contributed by atoms with E-state index >= 15 is 0 Å². The Kier molecular flexibility index (Phi) is 4.85.